The highest BCUT2D eigenvalue weighted by atomic mass is 28.4. The Morgan fingerprint density at radius 1 is 1.02 bits per heavy atom. The number of nitrogens with zero attached hydrogens (tertiary/aromatic N) is 1. The monoisotopic (exact) mass is 736 g/mol. The number of allylic oxidation sites excluding steroid dienone is 3. The van der Waals surface area contributed by atoms with Gasteiger partial charge in [-0.25, -0.2) is 4.79 Å². The lowest BCUT2D eigenvalue weighted by Crippen LogP contribution is -2.50. The van der Waals surface area contributed by atoms with E-state index in [9.17, 15) is 9.59 Å². The second-order valence-electron chi connectivity index (χ2n) is 16.1. The van der Waals surface area contributed by atoms with Gasteiger partial charge in [0, 0.05) is 39.7 Å². The van der Waals surface area contributed by atoms with Crippen LogP contribution in [0.15, 0.2) is 48.1 Å². The smallest absolute Gasteiger partial charge is 0.330 e. The molecule has 0 saturated carbocycles. The van der Waals surface area contributed by atoms with Crippen LogP contribution in [0, 0.1) is 17.8 Å². The van der Waals surface area contributed by atoms with Gasteiger partial charge in [0.25, 0.3) is 0 Å². The van der Waals surface area contributed by atoms with E-state index in [1.54, 1.807) is 27.4 Å². The van der Waals surface area contributed by atoms with Crippen molar-refractivity contribution >= 4 is 20.3 Å². The number of cyclic esters (lactones) is 1. The second-order valence-corrected chi connectivity index (χ2v) is 20.9. The van der Waals surface area contributed by atoms with Gasteiger partial charge in [-0.05, 0) is 88.7 Å². The van der Waals surface area contributed by atoms with Gasteiger partial charge in [-0.1, -0.05) is 78.0 Å². The van der Waals surface area contributed by atoms with Crippen molar-refractivity contribution in [3.63, 3.8) is 0 Å². The van der Waals surface area contributed by atoms with E-state index in [0.29, 0.717) is 18.8 Å². The fourth-order valence-corrected chi connectivity index (χ4v) is 7.46. The molecule has 0 fully saturated rings. The molecule has 1 aliphatic rings. The maximum Gasteiger partial charge on any atom is 0.330 e. The molecule has 0 spiro atoms. The number of ether oxygens (including phenoxy) is 5. The summed E-state index contributed by atoms with van der Waals surface area (Å²) in [5.41, 5.74) is 1.23. The van der Waals surface area contributed by atoms with E-state index in [0.717, 1.165) is 25.7 Å². The van der Waals surface area contributed by atoms with Crippen molar-refractivity contribution in [3.8, 4) is 0 Å². The zero-order valence-corrected chi connectivity index (χ0v) is 35.5. The van der Waals surface area contributed by atoms with Crippen molar-refractivity contribution in [2.45, 2.75) is 136 Å². The van der Waals surface area contributed by atoms with Crippen LogP contribution >= 0.6 is 0 Å². The standard InChI is InChI=1S/C41H73NO8Si/c1-30-23-24-31(2)36(47-12)26-25-32(3)39(50-51(13,14)41(5,6)7)33(4)37(49-40(44)35(29-45-10)42(8)9)21-16-15-17-22-38(43)48-27-19-18-20-34(28-30)46-11/h15-18,20,22,24,30,32-37,39H,19,21,23,25-29H2,1-14H3/b16-15+,20-18+,22-17+,31-24+/t30-,32-,33+,34+,35?,36+,37?,39-/m1/s1. The summed E-state index contributed by atoms with van der Waals surface area (Å²) in [4.78, 5) is 27.8. The normalized spacial score (nSPS) is 31.0. The molecule has 0 aliphatic carbocycles. The molecule has 0 aromatic rings. The second kappa shape index (κ2) is 23.6. The third kappa shape index (κ3) is 17.1. The van der Waals surface area contributed by atoms with Crippen LogP contribution in [0.3, 0.4) is 0 Å². The number of carbonyl (C=O) groups is 2. The first-order valence-electron chi connectivity index (χ1n) is 18.8. The van der Waals surface area contributed by atoms with Gasteiger partial charge < -0.3 is 28.1 Å². The van der Waals surface area contributed by atoms with Gasteiger partial charge >= 0.3 is 11.9 Å². The average Bonchev–Trinajstić information content (AvgIpc) is 3.05. The number of likely N-dealkylation sites (N-methyl/N-ethyl adjacent to an activating group) is 1. The first-order chi connectivity index (χ1) is 23.9. The number of carbonyl (C=O) groups excluding carboxylic acids is 2. The van der Waals surface area contributed by atoms with Crippen LogP contribution < -0.4 is 0 Å². The molecule has 0 N–H and O–H groups in total. The highest BCUT2D eigenvalue weighted by Gasteiger charge is 2.43. The van der Waals surface area contributed by atoms with Crippen molar-refractivity contribution < 1.29 is 37.7 Å². The van der Waals surface area contributed by atoms with Crippen molar-refractivity contribution in [3.05, 3.63) is 48.1 Å². The summed E-state index contributed by atoms with van der Waals surface area (Å²) >= 11 is 0. The minimum atomic E-state index is -2.23. The molecule has 8 atom stereocenters. The predicted octanol–water partition coefficient (Wildman–Crippen LogP) is 8.32. The summed E-state index contributed by atoms with van der Waals surface area (Å²) < 4.78 is 36.1. The van der Waals surface area contributed by atoms with Crippen molar-refractivity contribution in [1.29, 1.82) is 0 Å². The van der Waals surface area contributed by atoms with E-state index < -0.39 is 26.4 Å². The first kappa shape index (κ1) is 46.9. The van der Waals surface area contributed by atoms with Crippen LogP contribution in [-0.4, -0.2) is 104 Å². The van der Waals surface area contributed by atoms with Gasteiger partial charge in [0.05, 0.1) is 31.5 Å². The molecule has 1 rings (SSSR count). The Labute approximate surface area is 312 Å². The van der Waals surface area contributed by atoms with Gasteiger partial charge in [0.1, 0.15) is 12.1 Å². The summed E-state index contributed by atoms with van der Waals surface area (Å²) in [6.45, 7) is 20.6. The lowest BCUT2D eigenvalue weighted by molar-refractivity contribution is -0.161. The molecule has 1 heterocycles. The fourth-order valence-electron chi connectivity index (χ4n) is 5.98. The molecular weight excluding hydrogens is 663 g/mol. The van der Waals surface area contributed by atoms with Crippen molar-refractivity contribution in [1.82, 2.24) is 4.90 Å². The average molecular weight is 736 g/mol. The number of hydrogen-bond donors (Lipinski definition) is 0. The van der Waals surface area contributed by atoms with E-state index in [1.807, 2.05) is 37.2 Å². The Kier molecular flexibility index (Phi) is 21.7. The molecule has 1 aliphatic heterocycles. The van der Waals surface area contributed by atoms with Crippen LogP contribution in [0.1, 0.15) is 87.0 Å². The maximum absolute atomic E-state index is 13.6. The van der Waals surface area contributed by atoms with E-state index in [-0.39, 0.29) is 54.4 Å². The molecule has 0 saturated heterocycles. The zero-order valence-electron chi connectivity index (χ0n) is 34.5. The van der Waals surface area contributed by atoms with Crippen molar-refractivity contribution in [2.24, 2.45) is 17.8 Å². The Morgan fingerprint density at radius 2 is 1.71 bits per heavy atom. The molecule has 0 radical (unpaired) electrons. The topological polar surface area (TPSA) is 92.8 Å². The van der Waals surface area contributed by atoms with Gasteiger partial charge in [0.2, 0.25) is 0 Å². The van der Waals surface area contributed by atoms with E-state index in [4.69, 9.17) is 28.1 Å². The largest absolute Gasteiger partial charge is 0.462 e. The van der Waals surface area contributed by atoms with Gasteiger partial charge in [-0.3, -0.25) is 9.69 Å². The highest BCUT2D eigenvalue weighted by Crippen LogP contribution is 2.41. The quantitative estimate of drug-likeness (QED) is 0.132. The molecule has 10 heteroatoms. The van der Waals surface area contributed by atoms with Gasteiger partial charge in [-0.15, -0.1) is 0 Å². The van der Waals surface area contributed by atoms with Crippen LogP contribution in [0.5, 0.6) is 0 Å². The summed E-state index contributed by atoms with van der Waals surface area (Å²) in [6, 6.07) is -0.545. The summed E-state index contributed by atoms with van der Waals surface area (Å²) in [6.07, 6.45) is 17.1. The number of hydrogen-bond acceptors (Lipinski definition) is 9. The minimum absolute atomic E-state index is 0.00396. The lowest BCUT2D eigenvalue weighted by Gasteiger charge is -2.44. The molecule has 51 heavy (non-hydrogen) atoms. The summed E-state index contributed by atoms with van der Waals surface area (Å²) in [5, 5.41) is -0.00613. The third-order valence-corrected chi connectivity index (χ3v) is 15.0. The third-order valence-electron chi connectivity index (χ3n) is 10.6. The molecule has 0 aromatic carbocycles. The first-order valence-corrected chi connectivity index (χ1v) is 21.7. The Bertz CT molecular complexity index is 1140. The number of methoxy groups -OCH3 is 3. The van der Waals surface area contributed by atoms with Crippen LogP contribution in [0.4, 0.5) is 0 Å². The molecule has 2 unspecified atom stereocenters. The van der Waals surface area contributed by atoms with Crippen LogP contribution in [-0.2, 0) is 37.7 Å². The Hall–Kier alpha value is -2.08. The van der Waals surface area contributed by atoms with Crippen LogP contribution in [0.2, 0.25) is 18.1 Å². The summed E-state index contributed by atoms with van der Waals surface area (Å²) in [5.74, 6) is -0.309. The SMILES string of the molecule is COCC(C(=O)OC1C/C=C/C=C/C(=O)OCC/C=C/[C@H](OC)C[C@H](C)C/C=C(\C)[C@@H](OC)CC[C@@H](C)[C@@H](O[Si](C)(C)C(C)(C)C)[C@H]1C)N(C)C. The number of rotatable bonds is 9. The Morgan fingerprint density at radius 3 is 2.29 bits per heavy atom. The molecule has 0 bridgehead atoms. The lowest BCUT2D eigenvalue weighted by atomic mass is 9.84. The fraction of sp³-hybridized carbons (Fsp3) is 0.756. The number of esters is 2. The van der Waals surface area contributed by atoms with E-state index in [2.05, 4.69) is 73.7 Å². The molecule has 9 nitrogen and oxygen atoms in total. The summed E-state index contributed by atoms with van der Waals surface area (Å²) in [7, 11) is 6.57. The van der Waals surface area contributed by atoms with Crippen molar-refractivity contribution in [2.75, 3.05) is 48.6 Å². The van der Waals surface area contributed by atoms with Crippen LogP contribution in [0.25, 0.3) is 0 Å². The predicted molar refractivity (Wildman–Crippen MR) is 210 cm³/mol. The van der Waals surface area contributed by atoms with E-state index >= 15 is 0 Å². The molecule has 294 valence electrons. The van der Waals surface area contributed by atoms with Gasteiger partial charge in [-0.2, -0.15) is 0 Å². The van der Waals surface area contributed by atoms with E-state index in [1.165, 1.54) is 11.6 Å². The Balaban J connectivity index is 3.59. The molecule has 0 aromatic heterocycles. The van der Waals surface area contributed by atoms with Gasteiger partial charge in [0.15, 0.2) is 8.32 Å². The maximum atomic E-state index is 13.6. The minimum Gasteiger partial charge on any atom is -0.462 e. The molecule has 0 amide bonds. The zero-order chi connectivity index (χ0) is 38.8. The molecular formula is C41H73NO8Si. The highest BCUT2D eigenvalue weighted by molar-refractivity contribution is 6.74.